The van der Waals surface area contributed by atoms with Crippen LogP contribution in [0.2, 0.25) is 0 Å². The first-order chi connectivity index (χ1) is 11.8. The van der Waals surface area contributed by atoms with Crippen molar-refractivity contribution < 1.29 is 13.9 Å². The van der Waals surface area contributed by atoms with Crippen molar-refractivity contribution in [3.05, 3.63) is 53.2 Å². The number of rotatable bonds is 4. The van der Waals surface area contributed by atoms with Gasteiger partial charge in [-0.3, -0.25) is 0 Å². The maximum absolute atomic E-state index is 5.75. The molecule has 0 spiro atoms. The minimum atomic E-state index is 0.184. The second-order valence-electron chi connectivity index (χ2n) is 5.29. The summed E-state index contributed by atoms with van der Waals surface area (Å²) in [5.41, 5.74) is 3.28. The Morgan fingerprint density at radius 3 is 2.92 bits per heavy atom. The van der Waals surface area contributed by atoms with Crippen molar-refractivity contribution in [1.82, 2.24) is 9.97 Å². The predicted molar refractivity (Wildman–Crippen MR) is 94.6 cm³/mol. The van der Waals surface area contributed by atoms with Crippen LogP contribution in [0.4, 0.5) is 0 Å². The van der Waals surface area contributed by atoms with Gasteiger partial charge in [0.1, 0.15) is 23.4 Å². The summed E-state index contributed by atoms with van der Waals surface area (Å²) in [6.07, 6.45) is 1.63. The van der Waals surface area contributed by atoms with Gasteiger partial charge in [0.2, 0.25) is 0 Å². The normalized spacial score (nSPS) is 11.2. The van der Waals surface area contributed by atoms with E-state index in [0.717, 1.165) is 22.0 Å². The molecule has 6 heteroatoms. The molecule has 0 aliphatic heterocycles. The Labute approximate surface area is 142 Å². The fourth-order valence-corrected chi connectivity index (χ4v) is 2.88. The number of methoxy groups -OCH3 is 1. The first kappa shape index (κ1) is 14.9. The van der Waals surface area contributed by atoms with Crippen molar-refractivity contribution >= 4 is 34.2 Å². The lowest BCUT2D eigenvalue weighted by atomic mass is 10.2. The zero-order valence-corrected chi connectivity index (χ0v) is 13.7. The summed E-state index contributed by atoms with van der Waals surface area (Å²) in [6, 6.07) is 13.4. The molecular formula is C18H14N2O3S. The lowest BCUT2D eigenvalue weighted by Crippen LogP contribution is -1.98. The van der Waals surface area contributed by atoms with Gasteiger partial charge in [0.05, 0.1) is 21.1 Å². The third-order valence-corrected chi connectivity index (χ3v) is 4.17. The lowest BCUT2D eigenvalue weighted by Gasteiger charge is -2.06. The van der Waals surface area contributed by atoms with Gasteiger partial charge < -0.3 is 18.9 Å². The molecule has 0 bridgehead atoms. The van der Waals surface area contributed by atoms with Crippen LogP contribution in [0.15, 0.2) is 53.1 Å². The van der Waals surface area contributed by atoms with E-state index in [4.69, 9.17) is 26.1 Å². The molecule has 0 atom stereocenters. The number of nitrogens with zero attached hydrogens (tertiary/aromatic N) is 1. The van der Waals surface area contributed by atoms with Gasteiger partial charge in [-0.15, -0.1) is 0 Å². The van der Waals surface area contributed by atoms with E-state index in [-0.39, 0.29) is 6.79 Å². The number of ether oxygens (including phenoxy) is 2. The van der Waals surface area contributed by atoms with Crippen LogP contribution in [0, 0.1) is 4.51 Å². The molecule has 0 saturated heterocycles. The highest BCUT2D eigenvalue weighted by Gasteiger charge is 2.11. The molecule has 2 heterocycles. The van der Waals surface area contributed by atoms with Crippen molar-refractivity contribution in [3.8, 4) is 17.1 Å². The van der Waals surface area contributed by atoms with Gasteiger partial charge in [0.15, 0.2) is 6.79 Å². The predicted octanol–water partition coefficient (Wildman–Crippen LogP) is 4.69. The summed E-state index contributed by atoms with van der Waals surface area (Å²) in [4.78, 5) is 7.86. The molecule has 0 unspecified atom stereocenters. The second kappa shape index (κ2) is 6.07. The van der Waals surface area contributed by atoms with Gasteiger partial charge >= 0.3 is 0 Å². The van der Waals surface area contributed by atoms with E-state index >= 15 is 0 Å². The van der Waals surface area contributed by atoms with Crippen LogP contribution in [0.25, 0.3) is 33.4 Å². The molecule has 0 saturated carbocycles. The Bertz CT molecular complexity index is 1050. The number of nitrogens with one attached hydrogen (secondary N) is 1. The monoisotopic (exact) mass is 338 g/mol. The van der Waals surface area contributed by atoms with E-state index in [0.29, 0.717) is 21.7 Å². The molecule has 2 aromatic carbocycles. The van der Waals surface area contributed by atoms with Gasteiger partial charge in [-0.1, -0.05) is 24.4 Å². The molecule has 0 fully saturated rings. The van der Waals surface area contributed by atoms with Crippen molar-refractivity contribution in [2.45, 2.75) is 0 Å². The summed E-state index contributed by atoms with van der Waals surface area (Å²) >= 11 is 5.63. The van der Waals surface area contributed by atoms with Crippen molar-refractivity contribution in [2.75, 3.05) is 13.9 Å². The summed E-state index contributed by atoms with van der Waals surface area (Å²) in [5, 5.41) is 0.840. The largest absolute Gasteiger partial charge is 0.467 e. The third-order valence-electron chi connectivity index (χ3n) is 3.73. The first-order valence-corrected chi connectivity index (χ1v) is 7.79. The van der Waals surface area contributed by atoms with E-state index in [1.807, 2.05) is 36.4 Å². The number of fused-ring (bicyclic) bond motifs is 2. The molecule has 24 heavy (non-hydrogen) atoms. The molecule has 4 rings (SSSR count). The summed E-state index contributed by atoms with van der Waals surface area (Å²) in [5.74, 6) is 1.37. The maximum atomic E-state index is 5.75. The Hall–Kier alpha value is -2.70. The zero-order chi connectivity index (χ0) is 16.5. The molecular weight excluding hydrogens is 324 g/mol. The highest BCUT2D eigenvalue weighted by Crippen LogP contribution is 2.29. The number of aromatic nitrogens is 2. The fraction of sp³-hybridized carbons (Fsp3) is 0.111. The van der Waals surface area contributed by atoms with Gasteiger partial charge in [0.25, 0.3) is 0 Å². The Morgan fingerprint density at radius 1 is 1.21 bits per heavy atom. The zero-order valence-electron chi connectivity index (χ0n) is 12.9. The Morgan fingerprint density at radius 2 is 2.08 bits per heavy atom. The molecule has 0 amide bonds. The van der Waals surface area contributed by atoms with Crippen LogP contribution in [0.1, 0.15) is 0 Å². The molecule has 5 nitrogen and oxygen atoms in total. The average Bonchev–Trinajstić information content (AvgIpc) is 3.04. The smallest absolute Gasteiger partial charge is 0.188 e. The average molecular weight is 338 g/mol. The number of H-pyrrole nitrogens is 1. The van der Waals surface area contributed by atoms with E-state index < -0.39 is 0 Å². The third kappa shape index (κ3) is 2.55. The number of benzene rings is 2. The molecule has 2 aromatic heterocycles. The van der Waals surface area contributed by atoms with Gasteiger partial charge in [-0.25, -0.2) is 4.98 Å². The number of imidazole rings is 1. The first-order valence-electron chi connectivity index (χ1n) is 7.38. The molecule has 0 aliphatic carbocycles. The number of para-hydroxylation sites is 2. The van der Waals surface area contributed by atoms with Crippen molar-refractivity contribution in [1.29, 1.82) is 0 Å². The Kier molecular flexibility index (Phi) is 3.76. The second-order valence-corrected chi connectivity index (χ2v) is 5.70. The molecule has 120 valence electrons. The van der Waals surface area contributed by atoms with Crippen LogP contribution < -0.4 is 4.74 Å². The lowest BCUT2D eigenvalue weighted by molar-refractivity contribution is 0.0512. The number of hydrogen-bond donors (Lipinski definition) is 1. The van der Waals surface area contributed by atoms with Crippen LogP contribution in [0.5, 0.6) is 5.75 Å². The van der Waals surface area contributed by atoms with E-state index in [2.05, 4.69) is 9.97 Å². The quantitative estimate of drug-likeness (QED) is 0.432. The SMILES string of the molecule is COCOc1ccc2c(=S)c(-c3nc4ccccc4[nH]3)coc2c1. The molecule has 4 aromatic rings. The van der Waals surface area contributed by atoms with Crippen LogP contribution in [0.3, 0.4) is 0 Å². The minimum absolute atomic E-state index is 0.184. The van der Waals surface area contributed by atoms with Gasteiger partial charge in [-0.05, 0) is 24.3 Å². The van der Waals surface area contributed by atoms with Crippen molar-refractivity contribution in [2.24, 2.45) is 0 Å². The molecule has 0 aliphatic rings. The summed E-state index contributed by atoms with van der Waals surface area (Å²) < 4.78 is 16.8. The standard InChI is InChI=1S/C18H14N2O3S/c1-21-10-23-11-6-7-12-16(8-11)22-9-13(17(12)24)18-19-14-4-2-3-5-15(14)20-18/h2-9H,10H2,1H3,(H,19,20). The highest BCUT2D eigenvalue weighted by atomic mass is 32.1. The van der Waals surface area contributed by atoms with E-state index in [1.165, 1.54) is 0 Å². The number of hydrogen-bond acceptors (Lipinski definition) is 5. The minimum Gasteiger partial charge on any atom is -0.467 e. The van der Waals surface area contributed by atoms with Crippen LogP contribution in [-0.4, -0.2) is 23.9 Å². The van der Waals surface area contributed by atoms with Gasteiger partial charge in [0, 0.05) is 18.6 Å². The molecule has 0 radical (unpaired) electrons. The van der Waals surface area contributed by atoms with Crippen molar-refractivity contribution in [3.63, 3.8) is 0 Å². The fourth-order valence-electron chi connectivity index (χ4n) is 2.57. The van der Waals surface area contributed by atoms with Crippen LogP contribution >= 0.6 is 12.2 Å². The maximum Gasteiger partial charge on any atom is 0.188 e. The topological polar surface area (TPSA) is 60.3 Å². The highest BCUT2D eigenvalue weighted by molar-refractivity contribution is 7.71. The number of aromatic amines is 1. The van der Waals surface area contributed by atoms with Crippen LogP contribution in [-0.2, 0) is 4.74 Å². The summed E-state index contributed by atoms with van der Waals surface area (Å²) in [6.45, 7) is 0.184. The summed E-state index contributed by atoms with van der Waals surface area (Å²) in [7, 11) is 1.58. The Balaban J connectivity index is 1.82. The van der Waals surface area contributed by atoms with E-state index in [9.17, 15) is 0 Å². The van der Waals surface area contributed by atoms with E-state index in [1.54, 1.807) is 19.4 Å². The van der Waals surface area contributed by atoms with Gasteiger partial charge in [-0.2, -0.15) is 0 Å². The molecule has 1 N–H and O–H groups in total.